The van der Waals surface area contributed by atoms with Crippen LogP contribution in [0.4, 0.5) is 18.9 Å². The first-order valence-electron chi connectivity index (χ1n) is 11.7. The van der Waals surface area contributed by atoms with Crippen LogP contribution in [0.2, 0.25) is 5.02 Å². The van der Waals surface area contributed by atoms with E-state index in [1.807, 2.05) is 0 Å². The average Bonchev–Trinajstić information content (AvgIpc) is 3.28. The number of anilines is 1. The van der Waals surface area contributed by atoms with E-state index < -0.39 is 46.8 Å². The first-order chi connectivity index (χ1) is 18.6. The summed E-state index contributed by atoms with van der Waals surface area (Å²) in [6, 6.07) is 8.67. The van der Waals surface area contributed by atoms with Crippen molar-refractivity contribution in [1.82, 2.24) is 4.90 Å². The Morgan fingerprint density at radius 2 is 1.27 bits per heavy atom. The van der Waals surface area contributed by atoms with Crippen LogP contribution in [0.25, 0.3) is 0 Å². The van der Waals surface area contributed by atoms with Gasteiger partial charge >= 0.3 is 12.1 Å². The zero-order valence-electron chi connectivity index (χ0n) is 21.0. The average molecular weight is 571 g/mol. The number of rotatable bonds is 4. The van der Waals surface area contributed by atoms with Gasteiger partial charge in [0.15, 0.2) is 0 Å². The van der Waals surface area contributed by atoms with Crippen LogP contribution in [0, 0.1) is 6.92 Å². The minimum Gasteiger partial charge on any atom is -0.478 e. The van der Waals surface area contributed by atoms with Crippen molar-refractivity contribution in [3.05, 3.63) is 98.1 Å². The van der Waals surface area contributed by atoms with Gasteiger partial charge in [-0.2, -0.15) is 13.2 Å². The Morgan fingerprint density at radius 1 is 0.800 bits per heavy atom. The fourth-order valence-corrected chi connectivity index (χ4v) is 5.17. The highest BCUT2D eigenvalue weighted by Crippen LogP contribution is 2.48. The molecule has 0 saturated heterocycles. The fourth-order valence-electron chi connectivity index (χ4n) is 4.97. The molecule has 2 aliphatic heterocycles. The van der Waals surface area contributed by atoms with E-state index in [4.69, 9.17) is 11.6 Å². The van der Waals surface area contributed by atoms with Gasteiger partial charge in [0.1, 0.15) is 5.41 Å². The molecule has 3 aromatic carbocycles. The highest BCUT2D eigenvalue weighted by molar-refractivity contribution is 6.40. The number of carbonyl (C=O) groups is 5. The standard InChI is InChI=1S/C28H18ClF3N2O6/c1-12-8-13(26(39)40)9-20(21(12)29)34-24(37)17-7-5-15(11-19(17)25(34)38)27(2,28(30,31)32)14-4-6-16-18(10-14)23(36)33(3)22(16)35/h4-11H,1-3H3,(H,39,40). The number of halogens is 4. The van der Waals surface area contributed by atoms with E-state index in [2.05, 4.69) is 0 Å². The van der Waals surface area contributed by atoms with Crippen LogP contribution in [0.3, 0.4) is 0 Å². The normalized spacial score (nSPS) is 16.4. The summed E-state index contributed by atoms with van der Waals surface area (Å²) in [5.41, 5.74) is -4.41. The molecule has 0 saturated carbocycles. The number of amides is 4. The molecule has 1 N–H and O–H groups in total. The first kappa shape index (κ1) is 27.1. The molecule has 5 rings (SSSR count). The number of imide groups is 2. The van der Waals surface area contributed by atoms with Gasteiger partial charge in [0.05, 0.1) is 38.5 Å². The molecular formula is C28H18ClF3N2O6. The molecule has 12 heteroatoms. The second-order valence-electron chi connectivity index (χ2n) is 9.69. The third-order valence-corrected chi connectivity index (χ3v) is 7.91. The smallest absolute Gasteiger partial charge is 0.402 e. The van der Waals surface area contributed by atoms with Crippen LogP contribution in [0.5, 0.6) is 0 Å². The number of hydrogen-bond acceptors (Lipinski definition) is 5. The number of hydrogen-bond donors (Lipinski definition) is 1. The summed E-state index contributed by atoms with van der Waals surface area (Å²) in [6.07, 6.45) is -4.94. The number of aromatic carboxylic acids is 1. The first-order valence-corrected chi connectivity index (χ1v) is 12.1. The van der Waals surface area contributed by atoms with Crippen LogP contribution in [-0.4, -0.2) is 52.8 Å². The van der Waals surface area contributed by atoms with Crippen molar-refractivity contribution in [3.8, 4) is 0 Å². The lowest BCUT2D eigenvalue weighted by Crippen LogP contribution is -2.41. The number of benzene rings is 3. The molecule has 204 valence electrons. The van der Waals surface area contributed by atoms with E-state index in [0.29, 0.717) is 4.90 Å². The summed E-state index contributed by atoms with van der Waals surface area (Å²) in [5, 5.41) is 9.34. The Labute approximate surface area is 229 Å². The Balaban J connectivity index is 1.65. The van der Waals surface area contributed by atoms with Crippen molar-refractivity contribution in [1.29, 1.82) is 0 Å². The molecule has 4 amide bonds. The van der Waals surface area contributed by atoms with Crippen molar-refractivity contribution in [2.24, 2.45) is 0 Å². The van der Waals surface area contributed by atoms with E-state index in [1.165, 1.54) is 20.0 Å². The van der Waals surface area contributed by atoms with E-state index in [-0.39, 0.29) is 49.7 Å². The maximum absolute atomic E-state index is 14.8. The number of carboxylic acids is 1. The van der Waals surface area contributed by atoms with Gasteiger partial charge in [0, 0.05) is 7.05 Å². The van der Waals surface area contributed by atoms with E-state index in [1.54, 1.807) is 0 Å². The monoisotopic (exact) mass is 570 g/mol. The summed E-state index contributed by atoms with van der Waals surface area (Å²) in [5.74, 6) is -4.57. The lowest BCUT2D eigenvalue weighted by atomic mass is 9.74. The molecule has 8 nitrogen and oxygen atoms in total. The van der Waals surface area contributed by atoms with Gasteiger partial charge in [-0.1, -0.05) is 23.7 Å². The lowest BCUT2D eigenvalue weighted by molar-refractivity contribution is -0.173. The predicted octanol–water partition coefficient (Wildman–Crippen LogP) is 5.24. The maximum atomic E-state index is 14.8. The van der Waals surface area contributed by atoms with Crippen molar-refractivity contribution >= 4 is 46.9 Å². The topological polar surface area (TPSA) is 112 Å². The largest absolute Gasteiger partial charge is 0.478 e. The molecule has 0 fully saturated rings. The maximum Gasteiger partial charge on any atom is 0.402 e. The second kappa shape index (κ2) is 8.75. The predicted molar refractivity (Wildman–Crippen MR) is 136 cm³/mol. The zero-order valence-corrected chi connectivity index (χ0v) is 21.8. The van der Waals surface area contributed by atoms with Crippen LogP contribution in [-0.2, 0) is 5.41 Å². The van der Waals surface area contributed by atoms with Crippen molar-refractivity contribution in [2.75, 3.05) is 11.9 Å². The molecule has 40 heavy (non-hydrogen) atoms. The molecule has 0 radical (unpaired) electrons. The Hall–Kier alpha value is -4.51. The number of carboxylic acid groups (broad SMARTS) is 1. The quantitative estimate of drug-likeness (QED) is 0.429. The number of nitrogens with zero attached hydrogens (tertiary/aromatic N) is 2. The molecular weight excluding hydrogens is 553 g/mol. The molecule has 0 spiro atoms. The molecule has 1 unspecified atom stereocenters. The van der Waals surface area contributed by atoms with Gasteiger partial charge in [-0.15, -0.1) is 0 Å². The summed E-state index contributed by atoms with van der Waals surface area (Å²) in [4.78, 5) is 64.3. The molecule has 0 aromatic heterocycles. The second-order valence-corrected chi connectivity index (χ2v) is 10.1. The summed E-state index contributed by atoms with van der Waals surface area (Å²) < 4.78 is 44.3. The van der Waals surface area contributed by atoms with Crippen LogP contribution >= 0.6 is 11.6 Å². The summed E-state index contributed by atoms with van der Waals surface area (Å²) in [6.45, 7) is 2.35. The van der Waals surface area contributed by atoms with Gasteiger partial charge in [-0.25, -0.2) is 9.69 Å². The van der Waals surface area contributed by atoms with E-state index in [9.17, 15) is 42.3 Å². The van der Waals surface area contributed by atoms with Crippen LogP contribution in [0.15, 0.2) is 48.5 Å². The van der Waals surface area contributed by atoms with Gasteiger partial charge in [0.2, 0.25) is 0 Å². The number of alkyl halides is 3. The molecule has 1 atom stereocenters. The third kappa shape index (κ3) is 3.64. The van der Waals surface area contributed by atoms with Crippen LogP contribution < -0.4 is 4.90 Å². The Bertz CT molecular complexity index is 1720. The summed E-state index contributed by atoms with van der Waals surface area (Å²) >= 11 is 6.30. The Morgan fingerprint density at radius 3 is 1.80 bits per heavy atom. The molecule has 3 aromatic rings. The molecule has 2 heterocycles. The van der Waals surface area contributed by atoms with Gasteiger partial charge < -0.3 is 5.11 Å². The van der Waals surface area contributed by atoms with E-state index in [0.717, 1.165) is 54.3 Å². The third-order valence-electron chi connectivity index (χ3n) is 7.42. The summed E-state index contributed by atoms with van der Waals surface area (Å²) in [7, 11) is 1.22. The van der Waals surface area contributed by atoms with Gasteiger partial charge in [-0.3, -0.25) is 24.1 Å². The number of carbonyl (C=O) groups excluding carboxylic acids is 4. The van der Waals surface area contributed by atoms with Crippen molar-refractivity contribution < 1.29 is 42.3 Å². The van der Waals surface area contributed by atoms with Gasteiger partial charge in [0.25, 0.3) is 23.6 Å². The zero-order chi connectivity index (χ0) is 29.5. The van der Waals surface area contributed by atoms with Crippen LogP contribution in [0.1, 0.15) is 75.4 Å². The highest BCUT2D eigenvalue weighted by Gasteiger charge is 2.55. The Kier molecular flexibility index (Phi) is 5.92. The highest BCUT2D eigenvalue weighted by atomic mass is 35.5. The SMILES string of the molecule is Cc1cc(C(=O)O)cc(N2C(=O)c3ccc(C(C)(c4ccc5c(c4)C(=O)N(C)C5=O)C(F)(F)F)cc3C2=O)c1Cl. The molecule has 0 bridgehead atoms. The number of fused-ring (bicyclic) bond motifs is 2. The number of aryl methyl sites for hydroxylation is 1. The van der Waals surface area contributed by atoms with Crippen molar-refractivity contribution in [3.63, 3.8) is 0 Å². The molecule has 2 aliphatic rings. The fraction of sp³-hybridized carbons (Fsp3) is 0.179. The lowest BCUT2D eigenvalue weighted by Gasteiger charge is -2.33. The van der Waals surface area contributed by atoms with Crippen molar-refractivity contribution in [2.45, 2.75) is 25.4 Å². The van der Waals surface area contributed by atoms with Gasteiger partial charge in [-0.05, 0) is 66.9 Å². The van der Waals surface area contributed by atoms with E-state index >= 15 is 0 Å². The minimum absolute atomic E-state index is 0.0260. The molecule has 0 aliphatic carbocycles. The minimum atomic E-state index is -4.94.